The molecule has 27 nitrogen and oxygen atoms in total. The van der Waals surface area contributed by atoms with Crippen LogP contribution in [0, 0.1) is 15.9 Å². The molecule has 0 amide bonds. The average Bonchev–Trinajstić information content (AvgIpc) is 1.43. The molecular weight excluding hydrogens is 1400 g/mol. The zero-order valence-electron chi connectivity index (χ0n) is 46.9. The standard InChI is InChI=1S/C29H28F3N7O2.C9H8BrF2N5O.C6H5Br2NO.C3H2F2N4O2.C3H4F2N4/c1-6-21-22(18-9-16(26(40)37(5)15-18)11-20-14-35-39(36-20)28(31)32)7-8-33-25(21)38-27(41)24-17(13-34-38)10-19(12-23(24)30)29(2,3)4;1-16-4-5(10)2-6(8(16)18)14-7-3-13-17(15-7)9(11)12;1-9-3-4(7)2-5(8)6(9)10;4-3(5)8-6-1-2(7-8)9(10)11;4-3(5)9-7-1-2(6)8-9/h7-10,12-15,28H,6,11H2,1-5H3;2-4,9H,1H3,(H,14,15);2-3H,1H3;1,3H;1,3H,(H2,6,8). The molecule has 0 bridgehead atoms. The highest BCUT2D eigenvalue weighted by atomic mass is 79.9. The van der Waals surface area contributed by atoms with Gasteiger partial charge in [-0.15, -0.1) is 29.7 Å². The van der Waals surface area contributed by atoms with E-state index in [-0.39, 0.29) is 81.9 Å². The summed E-state index contributed by atoms with van der Waals surface area (Å²) in [7, 11) is 4.87. The normalized spacial score (nSPS) is 11.2. The second-order valence-corrected chi connectivity index (χ2v) is 21.8. The summed E-state index contributed by atoms with van der Waals surface area (Å²) in [5.74, 6) is -1.01. The molecule has 0 aliphatic heterocycles. The fraction of sp³-hybridized carbons (Fsp3) is 0.280. The zero-order chi connectivity index (χ0) is 65.9. The minimum atomic E-state index is -2.94. The van der Waals surface area contributed by atoms with Gasteiger partial charge in [0.05, 0.1) is 45.4 Å². The van der Waals surface area contributed by atoms with Crippen molar-refractivity contribution >= 4 is 81.7 Å². The van der Waals surface area contributed by atoms with Gasteiger partial charge in [-0.25, -0.2) is 9.37 Å². The number of nitrogens with one attached hydrogen (secondary N) is 1. The predicted octanol–water partition coefficient (Wildman–Crippen LogP) is 9.35. The molecule has 3 N–H and O–H groups in total. The van der Waals surface area contributed by atoms with E-state index >= 15 is 4.39 Å². The van der Waals surface area contributed by atoms with Crippen LogP contribution in [-0.2, 0) is 39.4 Å². The summed E-state index contributed by atoms with van der Waals surface area (Å²) in [6.07, 6.45) is 12.4. The number of nitrogen functional groups attached to an aromatic ring is 1. The Morgan fingerprint density at radius 3 is 1.75 bits per heavy atom. The molecule has 0 radical (unpaired) electrons. The highest BCUT2D eigenvalue weighted by Crippen LogP contribution is 2.30. The Labute approximate surface area is 518 Å². The van der Waals surface area contributed by atoms with Crippen molar-refractivity contribution in [1.82, 2.24) is 88.4 Å². The van der Waals surface area contributed by atoms with E-state index in [9.17, 15) is 64.4 Å². The molecule has 0 atom stereocenters. The largest absolute Gasteiger partial charge is 0.410 e. The summed E-state index contributed by atoms with van der Waals surface area (Å²) in [6, 6.07) is 9.82. The number of halogens is 12. The van der Waals surface area contributed by atoms with Crippen LogP contribution in [-0.4, -0.2) is 93.4 Å². The number of pyridine rings is 4. The lowest BCUT2D eigenvalue weighted by Gasteiger charge is -2.20. The monoisotopic (exact) mass is 1450 g/mol. The van der Waals surface area contributed by atoms with Gasteiger partial charge in [-0.1, -0.05) is 27.7 Å². The van der Waals surface area contributed by atoms with E-state index in [4.69, 9.17) is 5.73 Å². The Balaban J connectivity index is 0.000000213. The van der Waals surface area contributed by atoms with Crippen LogP contribution in [0.2, 0.25) is 0 Å². The summed E-state index contributed by atoms with van der Waals surface area (Å²) in [6.45, 7) is -3.58. The highest BCUT2D eigenvalue weighted by molar-refractivity contribution is 9.11. The van der Waals surface area contributed by atoms with E-state index in [1.165, 1.54) is 44.4 Å². The lowest BCUT2D eigenvalue weighted by molar-refractivity contribution is -0.390. The molecule has 1 aromatic carbocycles. The number of hydrogen-bond donors (Lipinski definition) is 2. The molecule has 0 aliphatic rings. The van der Waals surface area contributed by atoms with Crippen molar-refractivity contribution in [1.29, 1.82) is 0 Å². The van der Waals surface area contributed by atoms with Gasteiger partial charge in [-0.3, -0.25) is 19.2 Å². The first-order valence-electron chi connectivity index (χ1n) is 25.0. The van der Waals surface area contributed by atoms with E-state index in [1.54, 1.807) is 64.0 Å². The van der Waals surface area contributed by atoms with Crippen LogP contribution < -0.4 is 33.3 Å². The van der Waals surface area contributed by atoms with Crippen molar-refractivity contribution in [2.75, 3.05) is 11.1 Å². The van der Waals surface area contributed by atoms with Gasteiger partial charge in [0.25, 0.3) is 22.2 Å². The van der Waals surface area contributed by atoms with Crippen molar-refractivity contribution in [2.45, 2.75) is 72.1 Å². The van der Waals surface area contributed by atoms with Gasteiger partial charge in [0.1, 0.15) is 11.5 Å². The van der Waals surface area contributed by atoms with Crippen LogP contribution in [0.25, 0.3) is 27.7 Å². The molecule has 9 aromatic heterocycles. The maximum Gasteiger partial charge on any atom is 0.410 e. The second-order valence-electron chi connectivity index (χ2n) is 19.1. The number of nitro groups is 1. The van der Waals surface area contributed by atoms with Crippen molar-refractivity contribution < 1.29 is 44.4 Å². The molecule has 0 saturated carbocycles. The Kier molecular flexibility index (Phi) is 22.9. The van der Waals surface area contributed by atoms with Gasteiger partial charge in [-0.2, -0.15) is 65.3 Å². The summed E-state index contributed by atoms with van der Waals surface area (Å²) < 4.78 is 120. The quantitative estimate of drug-likeness (QED) is 0.0653. The van der Waals surface area contributed by atoms with Gasteiger partial charge in [0.2, 0.25) is 0 Å². The van der Waals surface area contributed by atoms with E-state index in [0.29, 0.717) is 49.2 Å². The predicted molar refractivity (Wildman–Crippen MR) is 313 cm³/mol. The van der Waals surface area contributed by atoms with Crippen molar-refractivity contribution in [2.24, 2.45) is 21.1 Å². The molecule has 10 aromatic rings. The molecule has 472 valence electrons. The van der Waals surface area contributed by atoms with E-state index in [0.717, 1.165) is 27.1 Å². The van der Waals surface area contributed by atoms with Crippen LogP contribution in [0.1, 0.15) is 76.3 Å². The number of aryl methyl sites for hydroxylation is 3. The molecule has 9 heterocycles. The van der Waals surface area contributed by atoms with E-state index < -0.39 is 48.3 Å². The minimum absolute atomic E-state index is 0.00435. The topological polar surface area (TPSA) is 318 Å². The Hall–Kier alpha value is -9.27. The number of hydrogen-bond acceptors (Lipinski definition) is 18. The fourth-order valence-corrected chi connectivity index (χ4v) is 9.52. The number of nitrogens with zero attached hydrogens (tertiary/aromatic N) is 19. The first-order chi connectivity index (χ1) is 41.8. The number of alkyl halides is 8. The summed E-state index contributed by atoms with van der Waals surface area (Å²) >= 11 is 9.62. The van der Waals surface area contributed by atoms with Gasteiger partial charge in [-0.05, 0) is 122 Å². The lowest BCUT2D eigenvalue weighted by Crippen LogP contribution is -2.25. The van der Waals surface area contributed by atoms with Crippen molar-refractivity contribution in [3.8, 4) is 16.9 Å². The molecule has 0 aliphatic carbocycles. The first kappa shape index (κ1) is 68.8. The van der Waals surface area contributed by atoms with Crippen LogP contribution >= 0.6 is 47.8 Å². The zero-order valence-corrected chi connectivity index (χ0v) is 51.7. The Bertz CT molecular complexity index is 4360. The fourth-order valence-electron chi connectivity index (χ4n) is 7.62. The van der Waals surface area contributed by atoms with Crippen molar-refractivity contribution in [3.05, 3.63) is 185 Å². The Morgan fingerprint density at radius 1 is 0.663 bits per heavy atom. The third kappa shape index (κ3) is 17.7. The maximum atomic E-state index is 15.3. The summed E-state index contributed by atoms with van der Waals surface area (Å²) in [4.78, 5) is 63.4. The minimum Gasteiger partial charge on any atom is -0.381 e. The number of rotatable bonds is 12. The van der Waals surface area contributed by atoms with Crippen LogP contribution in [0.15, 0.2) is 125 Å². The molecule has 0 spiro atoms. The molecule has 0 fully saturated rings. The SMILES string of the molecule is CCc1c(-c2cc(Cc3cnn(C(F)F)n3)c(=O)n(C)c2)ccnc1-n1ncc2cc(C(C)(C)C)cc(F)c2c1=O.Cn1cc(Br)cc(Br)c1=O.Cn1cc(Br)cc(Nc2cnn(C(F)F)n2)c1=O.Nc1cnn(C(F)F)n1.O=[N+]([O-])c1cnn(C(F)F)n1. The number of aromatic nitrogens is 18. The smallest absolute Gasteiger partial charge is 0.381 e. The number of fused-ring (bicyclic) bond motifs is 1. The highest BCUT2D eigenvalue weighted by Gasteiger charge is 2.23. The molecular formula is C50H47Br3F9N21O6. The lowest BCUT2D eigenvalue weighted by atomic mass is 9.86. The van der Waals surface area contributed by atoms with Gasteiger partial charge < -0.3 is 34.9 Å². The molecule has 0 unspecified atom stereocenters. The van der Waals surface area contributed by atoms with Crippen LogP contribution in [0.3, 0.4) is 0 Å². The average molecular weight is 1450 g/mol. The number of nitrogens with two attached hydrogens (primary N) is 1. The van der Waals surface area contributed by atoms with Gasteiger partial charge in [0.15, 0.2) is 23.7 Å². The molecule has 10 rings (SSSR count). The van der Waals surface area contributed by atoms with Gasteiger partial charge >= 0.3 is 32.0 Å². The van der Waals surface area contributed by atoms with Crippen LogP contribution in [0.5, 0.6) is 0 Å². The summed E-state index contributed by atoms with van der Waals surface area (Å²) in [5.41, 5.74) is 6.88. The third-order valence-corrected chi connectivity index (χ3v) is 13.2. The number of benzene rings is 1. The van der Waals surface area contributed by atoms with Gasteiger partial charge in [0, 0.05) is 77.8 Å². The second kappa shape index (κ2) is 29.6. The van der Waals surface area contributed by atoms with Crippen LogP contribution in [0.4, 0.5) is 62.7 Å². The molecule has 39 heteroatoms. The van der Waals surface area contributed by atoms with E-state index in [2.05, 4.69) is 104 Å². The summed E-state index contributed by atoms with van der Waals surface area (Å²) in [5, 5.41) is 43.4. The molecule has 0 saturated heterocycles. The van der Waals surface area contributed by atoms with E-state index in [1.807, 2.05) is 27.7 Å². The third-order valence-electron chi connectivity index (χ3n) is 11.7. The first-order valence-corrected chi connectivity index (χ1v) is 27.4. The number of anilines is 3. The Morgan fingerprint density at radius 2 is 1.22 bits per heavy atom. The van der Waals surface area contributed by atoms with Crippen molar-refractivity contribution in [3.63, 3.8) is 0 Å². The maximum absolute atomic E-state index is 15.3. The molecule has 89 heavy (non-hydrogen) atoms.